The number of rotatable bonds is 8. The fraction of sp³-hybridized carbons (Fsp3) is 0.550. The molecular weight excluding hydrogens is 487 g/mol. The second-order valence-corrected chi connectivity index (χ2v) is 8.86. The Hall–Kier alpha value is -0.640. The van der Waals surface area contributed by atoms with Crippen LogP contribution in [0.5, 0.6) is 0 Å². The molecule has 0 bridgehead atoms. The highest BCUT2D eigenvalue weighted by atomic mass is 127. The van der Waals surface area contributed by atoms with Crippen LogP contribution in [-0.4, -0.2) is 43.6 Å². The molecule has 3 heterocycles. The van der Waals surface area contributed by atoms with Crippen molar-refractivity contribution in [1.29, 1.82) is 0 Å². The molecule has 0 aliphatic carbocycles. The molecule has 2 aromatic heterocycles. The van der Waals surface area contributed by atoms with Crippen LogP contribution in [0.15, 0.2) is 40.0 Å². The maximum absolute atomic E-state index is 4.86. The summed E-state index contributed by atoms with van der Waals surface area (Å²) in [6, 6.07) is 8.70. The molecule has 4 nitrogen and oxygen atoms in total. The van der Waals surface area contributed by atoms with E-state index in [-0.39, 0.29) is 24.0 Å². The summed E-state index contributed by atoms with van der Waals surface area (Å²) in [5, 5.41) is 11.2. The zero-order chi connectivity index (χ0) is 18.0. The molecule has 27 heavy (non-hydrogen) atoms. The maximum atomic E-state index is 4.86. The summed E-state index contributed by atoms with van der Waals surface area (Å²) in [4.78, 5) is 10.3. The van der Waals surface area contributed by atoms with Gasteiger partial charge >= 0.3 is 0 Å². The Balaban J connectivity index is 0.00000261. The van der Waals surface area contributed by atoms with Gasteiger partial charge in [-0.2, -0.15) is 0 Å². The fourth-order valence-corrected chi connectivity index (χ4v) is 4.84. The van der Waals surface area contributed by atoms with Crippen molar-refractivity contribution in [3.8, 4) is 0 Å². The predicted octanol–water partition coefficient (Wildman–Crippen LogP) is 4.44. The smallest absolute Gasteiger partial charge is 0.191 e. The molecule has 3 rings (SSSR count). The average Bonchev–Trinajstić information content (AvgIpc) is 3.34. The second-order valence-electron chi connectivity index (χ2n) is 6.80. The number of nitrogens with zero attached hydrogens (tertiary/aromatic N) is 2. The lowest BCUT2D eigenvalue weighted by atomic mass is 9.98. The summed E-state index contributed by atoms with van der Waals surface area (Å²) in [6.45, 7) is 8.35. The van der Waals surface area contributed by atoms with Crippen LogP contribution in [0.2, 0.25) is 0 Å². The van der Waals surface area contributed by atoms with Crippen molar-refractivity contribution in [2.24, 2.45) is 10.9 Å². The third-order valence-corrected chi connectivity index (χ3v) is 6.46. The Kier molecular flexibility index (Phi) is 10.7. The standard InChI is InChI=1S/C20H30N4S2.HI/c1-2-21-20(22-10-9-18-7-4-12-25-18)23-14-17-6-3-11-24(15-17)16-19-8-5-13-26-19;/h4-5,7-8,12-13,17H,2-3,6,9-11,14-16H2,1H3,(H2,21,22,23);1H. The molecule has 1 saturated heterocycles. The van der Waals surface area contributed by atoms with Gasteiger partial charge in [0, 0.05) is 42.5 Å². The van der Waals surface area contributed by atoms with Crippen LogP contribution in [-0.2, 0) is 13.0 Å². The zero-order valence-corrected chi connectivity index (χ0v) is 20.0. The highest BCUT2D eigenvalue weighted by molar-refractivity contribution is 14.0. The van der Waals surface area contributed by atoms with Crippen LogP contribution in [0.1, 0.15) is 29.5 Å². The zero-order valence-electron chi connectivity index (χ0n) is 16.0. The van der Waals surface area contributed by atoms with E-state index in [9.17, 15) is 0 Å². The average molecular weight is 519 g/mol. The summed E-state index contributed by atoms with van der Waals surface area (Å²) in [7, 11) is 0. The summed E-state index contributed by atoms with van der Waals surface area (Å²) in [5.41, 5.74) is 0. The fourth-order valence-electron chi connectivity index (χ4n) is 3.39. The van der Waals surface area contributed by atoms with E-state index < -0.39 is 0 Å². The first kappa shape index (κ1) is 22.6. The highest BCUT2D eigenvalue weighted by Crippen LogP contribution is 2.20. The van der Waals surface area contributed by atoms with E-state index in [0.717, 1.165) is 45.1 Å². The van der Waals surface area contributed by atoms with Gasteiger partial charge < -0.3 is 10.6 Å². The molecule has 0 saturated carbocycles. The van der Waals surface area contributed by atoms with E-state index in [4.69, 9.17) is 4.99 Å². The Bertz CT molecular complexity index is 643. The van der Waals surface area contributed by atoms with E-state index in [1.54, 1.807) is 0 Å². The quantitative estimate of drug-likeness (QED) is 0.309. The van der Waals surface area contributed by atoms with Gasteiger partial charge in [0.1, 0.15) is 0 Å². The summed E-state index contributed by atoms with van der Waals surface area (Å²) < 4.78 is 0. The molecule has 2 N–H and O–H groups in total. The van der Waals surface area contributed by atoms with Gasteiger partial charge in [-0.05, 0) is 61.5 Å². The summed E-state index contributed by atoms with van der Waals surface area (Å²) in [5.74, 6) is 1.62. The van der Waals surface area contributed by atoms with Crippen LogP contribution >= 0.6 is 46.7 Å². The van der Waals surface area contributed by atoms with Crippen molar-refractivity contribution in [3.63, 3.8) is 0 Å². The van der Waals surface area contributed by atoms with Gasteiger partial charge in [0.2, 0.25) is 0 Å². The van der Waals surface area contributed by atoms with E-state index >= 15 is 0 Å². The van der Waals surface area contributed by atoms with Gasteiger partial charge in [-0.1, -0.05) is 12.1 Å². The molecule has 0 aromatic carbocycles. The van der Waals surface area contributed by atoms with Gasteiger partial charge in [0.25, 0.3) is 0 Å². The molecule has 0 amide bonds. The molecule has 150 valence electrons. The Morgan fingerprint density at radius 2 is 1.96 bits per heavy atom. The number of piperidine rings is 1. The number of likely N-dealkylation sites (tertiary alicyclic amines) is 1. The van der Waals surface area contributed by atoms with E-state index in [1.165, 1.54) is 29.1 Å². The van der Waals surface area contributed by atoms with Crippen LogP contribution < -0.4 is 10.6 Å². The normalized spacial score (nSPS) is 18.1. The molecule has 1 atom stereocenters. The van der Waals surface area contributed by atoms with Crippen LogP contribution in [0.3, 0.4) is 0 Å². The third kappa shape index (κ3) is 8.09. The molecule has 0 spiro atoms. The van der Waals surface area contributed by atoms with Gasteiger partial charge in [0.15, 0.2) is 5.96 Å². The Labute approximate surface area is 188 Å². The summed E-state index contributed by atoms with van der Waals surface area (Å²) in [6.07, 6.45) is 3.63. The first-order valence-corrected chi connectivity index (χ1v) is 11.4. The molecule has 2 aromatic rings. The highest BCUT2D eigenvalue weighted by Gasteiger charge is 2.20. The van der Waals surface area contributed by atoms with E-state index in [0.29, 0.717) is 5.92 Å². The van der Waals surface area contributed by atoms with E-state index in [1.807, 2.05) is 22.7 Å². The predicted molar refractivity (Wildman–Crippen MR) is 130 cm³/mol. The molecule has 0 radical (unpaired) electrons. The van der Waals surface area contributed by atoms with Crippen LogP contribution in [0.4, 0.5) is 0 Å². The minimum atomic E-state index is 0. The monoisotopic (exact) mass is 518 g/mol. The van der Waals surface area contributed by atoms with Crippen molar-refractivity contribution < 1.29 is 0 Å². The van der Waals surface area contributed by atoms with Gasteiger partial charge in [-0.25, -0.2) is 0 Å². The van der Waals surface area contributed by atoms with Crippen LogP contribution in [0.25, 0.3) is 0 Å². The van der Waals surface area contributed by atoms with Crippen LogP contribution in [0, 0.1) is 5.92 Å². The van der Waals surface area contributed by atoms with Crippen molar-refractivity contribution >= 4 is 52.6 Å². The van der Waals surface area contributed by atoms with Gasteiger partial charge in [-0.15, -0.1) is 46.7 Å². The third-order valence-electron chi connectivity index (χ3n) is 4.66. The number of hydrogen-bond acceptors (Lipinski definition) is 4. The van der Waals surface area contributed by atoms with Gasteiger partial charge in [-0.3, -0.25) is 9.89 Å². The molecule has 1 unspecified atom stereocenters. The molecule has 1 aliphatic rings. The maximum Gasteiger partial charge on any atom is 0.191 e. The topological polar surface area (TPSA) is 39.7 Å². The largest absolute Gasteiger partial charge is 0.357 e. The molecule has 1 aliphatic heterocycles. The lowest BCUT2D eigenvalue weighted by Gasteiger charge is -2.31. The number of halogens is 1. The minimum Gasteiger partial charge on any atom is -0.357 e. The minimum absolute atomic E-state index is 0. The molecule has 7 heteroatoms. The summed E-state index contributed by atoms with van der Waals surface area (Å²) >= 11 is 3.68. The van der Waals surface area contributed by atoms with Crippen molar-refractivity contribution in [2.75, 3.05) is 32.7 Å². The number of hydrogen-bond donors (Lipinski definition) is 2. The first-order valence-electron chi connectivity index (χ1n) is 9.62. The Morgan fingerprint density at radius 3 is 2.67 bits per heavy atom. The molecule has 1 fully saturated rings. The SMILES string of the molecule is CCNC(=NCC1CCCN(Cc2cccs2)C1)NCCc1cccs1.I. The van der Waals surface area contributed by atoms with Crippen molar-refractivity contribution in [3.05, 3.63) is 44.8 Å². The second kappa shape index (κ2) is 12.7. The number of guanidine groups is 1. The Morgan fingerprint density at radius 1 is 1.19 bits per heavy atom. The first-order chi connectivity index (χ1) is 12.8. The van der Waals surface area contributed by atoms with E-state index in [2.05, 4.69) is 57.5 Å². The number of thiophene rings is 2. The van der Waals surface area contributed by atoms with Crippen molar-refractivity contribution in [2.45, 2.75) is 32.7 Å². The van der Waals surface area contributed by atoms with Gasteiger partial charge in [0.05, 0.1) is 0 Å². The number of aliphatic imine (C=N–C) groups is 1. The lowest BCUT2D eigenvalue weighted by Crippen LogP contribution is -2.40. The molecular formula is C20H31IN4S2. The number of nitrogens with one attached hydrogen (secondary N) is 2. The van der Waals surface area contributed by atoms with Crippen molar-refractivity contribution in [1.82, 2.24) is 15.5 Å². The lowest BCUT2D eigenvalue weighted by molar-refractivity contribution is 0.172.